The SMILES string of the molecule is Cc1c(C)n(O)c(CCCCCCCCCCOC(N)=O)c(C)c1=O. The number of hydrogen-bond acceptors (Lipinski definition) is 4. The fourth-order valence-corrected chi connectivity index (χ4v) is 3.02. The summed E-state index contributed by atoms with van der Waals surface area (Å²) < 4.78 is 5.86. The highest BCUT2D eigenvalue weighted by Gasteiger charge is 2.13. The third-order valence-corrected chi connectivity index (χ3v) is 4.78. The molecule has 6 heteroatoms. The van der Waals surface area contributed by atoms with Crippen molar-refractivity contribution in [3.8, 4) is 0 Å². The maximum absolute atomic E-state index is 12.1. The second kappa shape index (κ2) is 10.8. The highest BCUT2D eigenvalue weighted by atomic mass is 16.5. The Labute approximate surface area is 149 Å². The van der Waals surface area contributed by atoms with Gasteiger partial charge >= 0.3 is 6.09 Å². The Balaban J connectivity index is 2.19. The summed E-state index contributed by atoms with van der Waals surface area (Å²) in [6.45, 7) is 5.72. The summed E-state index contributed by atoms with van der Waals surface area (Å²) in [6.07, 6.45) is 8.62. The predicted octanol–water partition coefficient (Wildman–Crippen LogP) is 3.77. The number of aromatic nitrogens is 1. The van der Waals surface area contributed by atoms with E-state index in [-0.39, 0.29) is 5.43 Å². The number of pyridine rings is 1. The van der Waals surface area contributed by atoms with E-state index in [4.69, 9.17) is 5.73 Å². The minimum atomic E-state index is -0.702. The van der Waals surface area contributed by atoms with E-state index in [0.717, 1.165) is 50.6 Å². The van der Waals surface area contributed by atoms with E-state index in [1.54, 1.807) is 20.8 Å². The van der Waals surface area contributed by atoms with Crippen molar-refractivity contribution in [1.82, 2.24) is 4.73 Å². The van der Waals surface area contributed by atoms with Crippen molar-refractivity contribution < 1.29 is 14.7 Å². The molecule has 1 rings (SSSR count). The highest BCUT2D eigenvalue weighted by Crippen LogP contribution is 2.14. The van der Waals surface area contributed by atoms with Crippen LogP contribution in [0.2, 0.25) is 0 Å². The Hall–Kier alpha value is -1.98. The molecule has 0 radical (unpaired) electrons. The summed E-state index contributed by atoms with van der Waals surface area (Å²) in [5.41, 5.74) is 7.57. The molecule has 25 heavy (non-hydrogen) atoms. The lowest BCUT2D eigenvalue weighted by Crippen LogP contribution is -2.21. The van der Waals surface area contributed by atoms with Crippen molar-refractivity contribution in [3.63, 3.8) is 0 Å². The van der Waals surface area contributed by atoms with Crippen LogP contribution in [-0.4, -0.2) is 22.6 Å². The van der Waals surface area contributed by atoms with Crippen LogP contribution in [0.1, 0.15) is 73.9 Å². The second-order valence-electron chi connectivity index (χ2n) is 6.67. The summed E-state index contributed by atoms with van der Waals surface area (Å²) in [7, 11) is 0. The monoisotopic (exact) mass is 352 g/mol. The van der Waals surface area contributed by atoms with E-state index in [1.165, 1.54) is 17.6 Å². The van der Waals surface area contributed by atoms with Gasteiger partial charge in [-0.2, -0.15) is 4.73 Å². The summed E-state index contributed by atoms with van der Waals surface area (Å²) >= 11 is 0. The van der Waals surface area contributed by atoms with Crippen LogP contribution in [0.15, 0.2) is 4.79 Å². The van der Waals surface area contributed by atoms with Crippen LogP contribution >= 0.6 is 0 Å². The van der Waals surface area contributed by atoms with E-state index in [2.05, 4.69) is 4.74 Å². The quantitative estimate of drug-likeness (QED) is 0.468. The number of unbranched alkanes of at least 4 members (excludes halogenated alkanes) is 7. The van der Waals surface area contributed by atoms with Gasteiger partial charge in [0.1, 0.15) is 0 Å². The first kappa shape index (κ1) is 21.1. The molecular weight excluding hydrogens is 320 g/mol. The molecule has 1 aromatic heterocycles. The Morgan fingerprint density at radius 1 is 0.960 bits per heavy atom. The van der Waals surface area contributed by atoms with Crippen molar-refractivity contribution in [2.24, 2.45) is 5.73 Å². The zero-order chi connectivity index (χ0) is 18.8. The normalized spacial score (nSPS) is 10.8. The summed E-state index contributed by atoms with van der Waals surface area (Å²) in [6, 6.07) is 0. The first-order valence-electron chi connectivity index (χ1n) is 9.19. The van der Waals surface area contributed by atoms with Crippen molar-refractivity contribution in [2.75, 3.05) is 6.61 Å². The first-order chi connectivity index (χ1) is 11.9. The van der Waals surface area contributed by atoms with Gasteiger partial charge in [0.25, 0.3) is 0 Å². The highest BCUT2D eigenvalue weighted by molar-refractivity contribution is 5.64. The van der Waals surface area contributed by atoms with Gasteiger partial charge in [-0.25, -0.2) is 4.79 Å². The number of carbonyl (C=O) groups is 1. The number of nitrogens with two attached hydrogens (primary N) is 1. The number of carbonyl (C=O) groups excluding carboxylic acids is 1. The predicted molar refractivity (Wildman–Crippen MR) is 98.3 cm³/mol. The molecule has 0 bridgehead atoms. The van der Waals surface area contributed by atoms with Crippen LogP contribution < -0.4 is 11.2 Å². The molecule has 0 saturated heterocycles. The number of amides is 1. The number of hydrogen-bond donors (Lipinski definition) is 2. The van der Waals surface area contributed by atoms with Gasteiger partial charge < -0.3 is 15.7 Å². The maximum atomic E-state index is 12.1. The molecule has 1 amide bonds. The van der Waals surface area contributed by atoms with Crippen molar-refractivity contribution in [2.45, 2.75) is 78.6 Å². The number of rotatable bonds is 11. The van der Waals surface area contributed by atoms with Gasteiger partial charge in [0, 0.05) is 11.1 Å². The van der Waals surface area contributed by atoms with Crippen molar-refractivity contribution in [3.05, 3.63) is 32.7 Å². The lowest BCUT2D eigenvalue weighted by molar-refractivity contribution is 0.154. The minimum absolute atomic E-state index is 0.0399. The fraction of sp³-hybridized carbons (Fsp3) is 0.684. The molecule has 3 N–H and O–H groups in total. The van der Waals surface area contributed by atoms with Crippen LogP contribution in [0.25, 0.3) is 0 Å². The Morgan fingerprint density at radius 2 is 1.48 bits per heavy atom. The lowest BCUT2D eigenvalue weighted by atomic mass is 10.0. The molecule has 1 aromatic rings. The molecule has 0 saturated carbocycles. The first-order valence-corrected chi connectivity index (χ1v) is 9.19. The van der Waals surface area contributed by atoms with Crippen LogP contribution in [0.4, 0.5) is 4.79 Å². The van der Waals surface area contributed by atoms with E-state index in [1.807, 2.05) is 0 Å². The molecule has 0 aliphatic rings. The molecule has 6 nitrogen and oxygen atoms in total. The van der Waals surface area contributed by atoms with E-state index >= 15 is 0 Å². The van der Waals surface area contributed by atoms with Crippen LogP contribution in [0.5, 0.6) is 0 Å². The smallest absolute Gasteiger partial charge is 0.404 e. The second-order valence-corrected chi connectivity index (χ2v) is 6.67. The van der Waals surface area contributed by atoms with Gasteiger partial charge in [-0.3, -0.25) is 4.79 Å². The molecule has 0 aromatic carbocycles. The number of ether oxygens (including phenoxy) is 1. The average Bonchev–Trinajstić information content (AvgIpc) is 2.58. The summed E-state index contributed by atoms with van der Waals surface area (Å²) in [5.74, 6) is 0. The van der Waals surface area contributed by atoms with Crippen LogP contribution in [0, 0.1) is 20.8 Å². The lowest BCUT2D eigenvalue weighted by Gasteiger charge is -2.15. The average molecular weight is 352 g/mol. The molecular formula is C19H32N2O4. The minimum Gasteiger partial charge on any atom is -0.450 e. The number of nitrogens with zero attached hydrogens (tertiary/aromatic N) is 1. The zero-order valence-corrected chi connectivity index (χ0v) is 15.8. The summed E-state index contributed by atoms with van der Waals surface area (Å²) in [5, 5.41) is 10.2. The Morgan fingerprint density at radius 3 is 2.04 bits per heavy atom. The Bertz CT molecular complexity index is 623. The van der Waals surface area contributed by atoms with Crippen molar-refractivity contribution in [1.29, 1.82) is 0 Å². The third kappa shape index (κ3) is 6.80. The molecule has 0 atom stereocenters. The Kier molecular flexibility index (Phi) is 9.10. The van der Waals surface area contributed by atoms with Gasteiger partial charge in [0.15, 0.2) is 5.43 Å². The molecule has 0 spiro atoms. The molecule has 1 heterocycles. The largest absolute Gasteiger partial charge is 0.450 e. The maximum Gasteiger partial charge on any atom is 0.404 e. The van der Waals surface area contributed by atoms with E-state index < -0.39 is 6.09 Å². The van der Waals surface area contributed by atoms with Crippen LogP contribution in [-0.2, 0) is 11.2 Å². The fourth-order valence-electron chi connectivity index (χ4n) is 3.02. The zero-order valence-electron chi connectivity index (χ0n) is 15.8. The third-order valence-electron chi connectivity index (χ3n) is 4.78. The van der Waals surface area contributed by atoms with Gasteiger partial charge in [0.2, 0.25) is 0 Å². The number of primary amides is 1. The topological polar surface area (TPSA) is 94.5 Å². The molecule has 0 fully saturated rings. The molecule has 142 valence electrons. The van der Waals surface area contributed by atoms with Crippen LogP contribution in [0.3, 0.4) is 0 Å². The van der Waals surface area contributed by atoms with Crippen molar-refractivity contribution >= 4 is 6.09 Å². The molecule has 0 aliphatic carbocycles. The van der Waals surface area contributed by atoms with Gasteiger partial charge in [0.05, 0.1) is 18.0 Å². The van der Waals surface area contributed by atoms with E-state index in [9.17, 15) is 14.8 Å². The standard InChI is InChI=1S/C19H32N2O4/c1-14-16(3)21(24)17(15(2)18(14)22)12-10-8-6-4-5-7-9-11-13-25-19(20)23/h24H,4-13H2,1-3H3,(H2,20,23). The van der Waals surface area contributed by atoms with E-state index in [0.29, 0.717) is 23.4 Å². The van der Waals surface area contributed by atoms with Gasteiger partial charge in [-0.05, 0) is 40.0 Å². The summed E-state index contributed by atoms with van der Waals surface area (Å²) in [4.78, 5) is 22.5. The van der Waals surface area contributed by atoms with Gasteiger partial charge in [-0.1, -0.05) is 38.5 Å². The van der Waals surface area contributed by atoms with Gasteiger partial charge in [-0.15, -0.1) is 0 Å². The molecule has 0 unspecified atom stereocenters. The molecule has 0 aliphatic heterocycles.